The second-order valence-corrected chi connectivity index (χ2v) is 3.56. The minimum atomic E-state index is -0.797. The lowest BCUT2D eigenvalue weighted by atomic mass is 10.3. The van der Waals surface area contributed by atoms with E-state index >= 15 is 0 Å². The Kier molecular flexibility index (Phi) is 4.30. The van der Waals surface area contributed by atoms with Gasteiger partial charge in [-0.2, -0.15) is 0 Å². The van der Waals surface area contributed by atoms with Crippen molar-refractivity contribution in [2.75, 3.05) is 20.3 Å². The molecule has 2 atom stereocenters. The van der Waals surface area contributed by atoms with Crippen LogP contribution in [0, 0.1) is 0 Å². The van der Waals surface area contributed by atoms with Gasteiger partial charge >= 0.3 is 5.97 Å². The summed E-state index contributed by atoms with van der Waals surface area (Å²) in [5.41, 5.74) is 8.11. The van der Waals surface area contributed by atoms with Gasteiger partial charge in [0, 0.05) is 4.91 Å². The van der Waals surface area contributed by atoms with E-state index in [0.29, 0.717) is 0 Å². The molecule has 1 aliphatic heterocycles. The summed E-state index contributed by atoms with van der Waals surface area (Å²) in [7, 11) is 0.884. The number of hydrogen-bond acceptors (Lipinski definition) is 5. The summed E-state index contributed by atoms with van der Waals surface area (Å²) in [5.74, 6) is -0.848. The molecule has 0 radical (unpaired) electrons. The van der Waals surface area contributed by atoms with E-state index in [0.717, 1.165) is 0 Å². The molecule has 0 bridgehead atoms. The standard InChI is InChI=1S/C6H9N4O4P/c1-13-6(12)4-2-10(15-9-8-7)5(11)3-14-4/h4,15H,2-3H2,1H3. The van der Waals surface area contributed by atoms with Crippen LogP contribution in [0.1, 0.15) is 0 Å². The lowest BCUT2D eigenvalue weighted by Crippen LogP contribution is -2.46. The van der Waals surface area contributed by atoms with Gasteiger partial charge in [0.15, 0.2) is 6.10 Å². The number of azide groups is 1. The van der Waals surface area contributed by atoms with E-state index in [1.165, 1.54) is 11.8 Å². The van der Waals surface area contributed by atoms with Gasteiger partial charge in [-0.25, -0.2) is 4.79 Å². The molecule has 1 saturated heterocycles. The average Bonchev–Trinajstić information content (AvgIpc) is 2.27. The fourth-order valence-corrected chi connectivity index (χ4v) is 1.59. The number of esters is 1. The van der Waals surface area contributed by atoms with Crippen LogP contribution in [0.2, 0.25) is 0 Å². The molecule has 0 aromatic heterocycles. The molecular weight excluding hydrogens is 223 g/mol. The number of carbonyl (C=O) groups excluding carboxylic acids is 2. The lowest BCUT2D eigenvalue weighted by Gasteiger charge is -2.29. The van der Waals surface area contributed by atoms with Crippen LogP contribution in [0.3, 0.4) is 0 Å². The highest BCUT2D eigenvalue weighted by atomic mass is 31.1. The molecule has 1 heterocycles. The van der Waals surface area contributed by atoms with E-state index in [2.05, 4.69) is 14.5 Å². The Labute approximate surface area is 87.0 Å². The van der Waals surface area contributed by atoms with Crippen LogP contribution in [0.15, 0.2) is 4.88 Å². The van der Waals surface area contributed by atoms with Crippen LogP contribution < -0.4 is 0 Å². The van der Waals surface area contributed by atoms with E-state index < -0.39 is 12.1 Å². The minimum Gasteiger partial charge on any atom is -0.467 e. The molecule has 0 N–H and O–H groups in total. The maximum atomic E-state index is 11.2. The summed E-state index contributed by atoms with van der Waals surface area (Å²) in [6, 6.07) is 0. The van der Waals surface area contributed by atoms with Crippen LogP contribution in [0.5, 0.6) is 0 Å². The van der Waals surface area contributed by atoms with Crippen LogP contribution in [-0.4, -0.2) is 42.9 Å². The molecule has 0 aliphatic carbocycles. The average molecular weight is 232 g/mol. The highest BCUT2D eigenvalue weighted by Gasteiger charge is 2.31. The number of amides is 1. The Bertz CT molecular complexity index is 316. The van der Waals surface area contributed by atoms with Crippen molar-refractivity contribution in [2.45, 2.75) is 6.10 Å². The third-order valence-electron chi connectivity index (χ3n) is 1.73. The van der Waals surface area contributed by atoms with Gasteiger partial charge in [0.05, 0.1) is 22.5 Å². The summed E-state index contributed by atoms with van der Waals surface area (Å²) in [5, 5.41) is 0. The number of rotatable bonds is 3. The Balaban J connectivity index is 2.59. The molecule has 1 amide bonds. The Morgan fingerprint density at radius 3 is 3.20 bits per heavy atom. The predicted molar refractivity (Wildman–Crippen MR) is 50.9 cm³/mol. The predicted octanol–water partition coefficient (Wildman–Crippen LogP) is 0.206. The van der Waals surface area contributed by atoms with Gasteiger partial charge in [-0.1, -0.05) is 4.88 Å². The molecule has 8 nitrogen and oxygen atoms in total. The largest absolute Gasteiger partial charge is 0.467 e. The topological polar surface area (TPSA) is 105 Å². The lowest BCUT2D eigenvalue weighted by molar-refractivity contribution is -0.162. The molecule has 9 heteroatoms. The second-order valence-electron chi connectivity index (χ2n) is 2.62. The van der Waals surface area contributed by atoms with E-state index in [4.69, 9.17) is 10.3 Å². The summed E-state index contributed by atoms with van der Waals surface area (Å²) < 4.78 is 10.7. The summed E-state index contributed by atoms with van der Waals surface area (Å²) in [4.78, 5) is 28.1. The normalized spacial score (nSPS) is 21.5. The van der Waals surface area contributed by atoms with Gasteiger partial charge in [-0.3, -0.25) is 4.79 Å². The SMILES string of the molecule is COC(=O)C1CN(PN=[N+]=[N-])C(=O)CO1. The first kappa shape index (κ1) is 11.7. The maximum absolute atomic E-state index is 11.2. The van der Waals surface area contributed by atoms with Crippen molar-refractivity contribution >= 4 is 20.8 Å². The van der Waals surface area contributed by atoms with Crippen LogP contribution in [0.25, 0.3) is 10.4 Å². The third-order valence-corrected chi connectivity index (χ3v) is 2.58. The number of nitrogens with zero attached hydrogens (tertiary/aromatic N) is 4. The molecular formula is C6H9N4O4P. The Morgan fingerprint density at radius 1 is 1.87 bits per heavy atom. The molecule has 0 spiro atoms. The quantitative estimate of drug-likeness (QED) is 0.228. The van der Waals surface area contributed by atoms with Crippen molar-refractivity contribution in [1.29, 1.82) is 0 Å². The van der Waals surface area contributed by atoms with Crippen molar-refractivity contribution in [1.82, 2.24) is 4.67 Å². The first-order valence-corrected chi connectivity index (χ1v) is 4.88. The molecule has 0 saturated carbocycles. The van der Waals surface area contributed by atoms with Crippen LogP contribution >= 0.6 is 8.88 Å². The van der Waals surface area contributed by atoms with Crippen molar-refractivity contribution < 1.29 is 19.1 Å². The summed E-state index contributed by atoms with van der Waals surface area (Å²) >= 11 is 0. The second kappa shape index (κ2) is 5.50. The molecule has 1 fully saturated rings. The molecule has 82 valence electrons. The highest BCUT2D eigenvalue weighted by molar-refractivity contribution is 7.34. The molecule has 1 aliphatic rings. The zero-order valence-electron chi connectivity index (χ0n) is 7.91. The van der Waals surface area contributed by atoms with Gasteiger partial charge < -0.3 is 14.1 Å². The fraction of sp³-hybridized carbons (Fsp3) is 0.667. The number of methoxy groups -OCH3 is 1. The molecule has 15 heavy (non-hydrogen) atoms. The molecule has 0 aromatic rings. The van der Waals surface area contributed by atoms with Crippen LogP contribution in [0.4, 0.5) is 0 Å². The summed E-state index contributed by atoms with van der Waals surface area (Å²) in [6.45, 7) is -0.142. The number of ether oxygens (including phenoxy) is 2. The third kappa shape index (κ3) is 3.06. The monoisotopic (exact) mass is 232 g/mol. The summed E-state index contributed by atoms with van der Waals surface area (Å²) in [6.07, 6.45) is -0.797. The minimum absolute atomic E-state index is 0.0585. The van der Waals surface area contributed by atoms with Crippen molar-refractivity contribution in [2.24, 2.45) is 4.88 Å². The number of carbonyl (C=O) groups is 2. The van der Waals surface area contributed by atoms with Crippen molar-refractivity contribution in [3.8, 4) is 0 Å². The zero-order valence-corrected chi connectivity index (χ0v) is 8.91. The van der Waals surface area contributed by atoms with Gasteiger partial charge in [-0.15, -0.1) is 0 Å². The van der Waals surface area contributed by atoms with Gasteiger partial charge in [0.2, 0.25) is 0 Å². The van der Waals surface area contributed by atoms with Gasteiger partial charge in [0.25, 0.3) is 5.91 Å². The van der Waals surface area contributed by atoms with E-state index in [1.54, 1.807) is 0 Å². The Hall–Kier alpha value is -1.36. The highest BCUT2D eigenvalue weighted by Crippen LogP contribution is 2.23. The Morgan fingerprint density at radius 2 is 2.60 bits per heavy atom. The van der Waals surface area contributed by atoms with E-state index in [9.17, 15) is 9.59 Å². The zero-order chi connectivity index (χ0) is 11.3. The molecule has 2 unspecified atom stereocenters. The number of morpholine rings is 1. The fourth-order valence-electron chi connectivity index (χ4n) is 1.01. The number of hydrogen-bond donors (Lipinski definition) is 0. The van der Waals surface area contributed by atoms with E-state index in [-0.39, 0.29) is 27.9 Å². The van der Waals surface area contributed by atoms with Crippen LogP contribution in [-0.2, 0) is 19.1 Å². The maximum Gasteiger partial charge on any atom is 0.336 e. The molecule has 0 aromatic carbocycles. The van der Waals surface area contributed by atoms with Crippen molar-refractivity contribution in [3.05, 3.63) is 10.4 Å². The van der Waals surface area contributed by atoms with Crippen molar-refractivity contribution in [3.63, 3.8) is 0 Å². The first-order chi connectivity index (χ1) is 7.19. The van der Waals surface area contributed by atoms with Gasteiger partial charge in [0.1, 0.15) is 6.61 Å². The first-order valence-electron chi connectivity index (χ1n) is 3.98. The molecule has 1 rings (SSSR count). The van der Waals surface area contributed by atoms with E-state index in [1.807, 2.05) is 0 Å². The smallest absolute Gasteiger partial charge is 0.336 e. The van der Waals surface area contributed by atoms with Gasteiger partial charge in [-0.05, 0) is 5.53 Å².